The molecule has 2 aromatic rings. The minimum absolute atomic E-state index is 0.0406. The van der Waals surface area contributed by atoms with Gasteiger partial charge < -0.3 is 0 Å². The van der Waals surface area contributed by atoms with Crippen molar-refractivity contribution in [3.8, 4) is 0 Å². The molecule has 2 rings (SSSR count). The van der Waals surface area contributed by atoms with Crippen molar-refractivity contribution in [1.82, 2.24) is 15.2 Å². The number of rotatable bonds is 8. The van der Waals surface area contributed by atoms with Crippen molar-refractivity contribution in [3.63, 3.8) is 0 Å². The number of amides is 2. The third kappa shape index (κ3) is 6.64. The molecule has 0 bridgehead atoms. The zero-order chi connectivity index (χ0) is 23.9. The van der Waals surface area contributed by atoms with E-state index < -0.39 is 15.9 Å². The van der Waals surface area contributed by atoms with Gasteiger partial charge >= 0.3 is 0 Å². The first-order valence-corrected chi connectivity index (χ1v) is 12.2. The Morgan fingerprint density at radius 1 is 0.938 bits per heavy atom. The maximum Gasteiger partial charge on any atom is 0.269 e. The minimum atomic E-state index is -3.67. The Kier molecular flexibility index (Phi) is 8.58. The summed E-state index contributed by atoms with van der Waals surface area (Å²) in [6, 6.07) is 13.9. The van der Waals surface area contributed by atoms with E-state index in [-0.39, 0.29) is 28.2 Å². The van der Waals surface area contributed by atoms with Crippen LogP contribution in [-0.4, -0.2) is 37.6 Å². The number of nitrogens with one attached hydrogen (secondary N) is 2. The van der Waals surface area contributed by atoms with E-state index in [0.29, 0.717) is 19.5 Å². The van der Waals surface area contributed by atoms with Gasteiger partial charge in [0.15, 0.2) is 0 Å². The summed E-state index contributed by atoms with van der Waals surface area (Å²) < 4.78 is 26.6. The molecule has 0 atom stereocenters. The third-order valence-electron chi connectivity index (χ3n) is 5.22. The summed E-state index contributed by atoms with van der Waals surface area (Å²) in [5, 5.41) is 0. The van der Waals surface area contributed by atoms with Crippen molar-refractivity contribution in [2.45, 2.75) is 57.8 Å². The number of hydrogen-bond acceptors (Lipinski definition) is 4. The first-order valence-electron chi connectivity index (χ1n) is 10.8. The van der Waals surface area contributed by atoms with Gasteiger partial charge in [0.1, 0.15) is 0 Å². The second-order valence-corrected chi connectivity index (χ2v) is 10.5. The van der Waals surface area contributed by atoms with Gasteiger partial charge in [-0.15, -0.1) is 0 Å². The van der Waals surface area contributed by atoms with Crippen LogP contribution in [0.1, 0.15) is 62.5 Å². The van der Waals surface area contributed by atoms with Crippen molar-refractivity contribution in [3.05, 3.63) is 65.2 Å². The molecule has 0 aromatic heterocycles. The van der Waals surface area contributed by atoms with Gasteiger partial charge in [-0.05, 0) is 41.2 Å². The van der Waals surface area contributed by atoms with Gasteiger partial charge in [-0.25, -0.2) is 8.42 Å². The fraction of sp³-hybridized carbons (Fsp3) is 0.417. The predicted molar refractivity (Wildman–Crippen MR) is 126 cm³/mol. The van der Waals surface area contributed by atoms with Crippen molar-refractivity contribution < 1.29 is 18.0 Å². The van der Waals surface area contributed by atoms with Crippen LogP contribution in [0.15, 0.2) is 53.4 Å². The zero-order valence-electron chi connectivity index (χ0n) is 19.4. The Morgan fingerprint density at radius 3 is 2.12 bits per heavy atom. The lowest BCUT2D eigenvalue weighted by atomic mass is 9.86. The lowest BCUT2D eigenvalue weighted by molar-refractivity contribution is -0.121. The van der Waals surface area contributed by atoms with Crippen LogP contribution in [0.25, 0.3) is 0 Å². The normalized spacial score (nSPS) is 11.9. The van der Waals surface area contributed by atoms with Gasteiger partial charge in [0, 0.05) is 25.1 Å². The molecule has 2 amide bonds. The second kappa shape index (κ2) is 10.7. The van der Waals surface area contributed by atoms with E-state index in [2.05, 4.69) is 43.8 Å². The number of hydrazine groups is 1. The van der Waals surface area contributed by atoms with E-state index in [4.69, 9.17) is 0 Å². The van der Waals surface area contributed by atoms with Crippen molar-refractivity contribution in [2.24, 2.45) is 0 Å². The number of hydrogen-bond donors (Lipinski definition) is 2. The van der Waals surface area contributed by atoms with E-state index in [1.54, 1.807) is 13.8 Å². The Bertz CT molecular complexity index is 1040. The molecule has 0 radical (unpaired) electrons. The van der Waals surface area contributed by atoms with Crippen LogP contribution in [0.2, 0.25) is 0 Å². The van der Waals surface area contributed by atoms with Gasteiger partial charge in [0.25, 0.3) is 5.91 Å². The van der Waals surface area contributed by atoms with E-state index in [1.165, 1.54) is 34.1 Å². The van der Waals surface area contributed by atoms with Crippen LogP contribution in [0.3, 0.4) is 0 Å². The molecule has 174 valence electrons. The molecule has 8 heteroatoms. The summed E-state index contributed by atoms with van der Waals surface area (Å²) in [7, 11) is -3.67. The van der Waals surface area contributed by atoms with E-state index in [1.807, 2.05) is 12.1 Å². The summed E-state index contributed by atoms with van der Waals surface area (Å²) >= 11 is 0. The molecule has 0 aliphatic rings. The van der Waals surface area contributed by atoms with Crippen LogP contribution in [0, 0.1) is 0 Å². The molecule has 0 fully saturated rings. The predicted octanol–water partition coefficient (Wildman–Crippen LogP) is 3.41. The molecule has 2 aromatic carbocycles. The largest absolute Gasteiger partial charge is 0.273 e. The summed E-state index contributed by atoms with van der Waals surface area (Å²) in [6.07, 6.45) is 0.759. The fourth-order valence-corrected chi connectivity index (χ4v) is 4.71. The molecule has 0 heterocycles. The molecular formula is C24H33N3O4S. The van der Waals surface area contributed by atoms with Crippen molar-refractivity contribution in [1.29, 1.82) is 0 Å². The lowest BCUT2D eigenvalue weighted by Gasteiger charge is -2.19. The lowest BCUT2D eigenvalue weighted by Crippen LogP contribution is -2.41. The first kappa shape index (κ1) is 25.5. The Labute approximate surface area is 191 Å². The monoisotopic (exact) mass is 459 g/mol. The summed E-state index contributed by atoms with van der Waals surface area (Å²) in [4.78, 5) is 24.6. The molecule has 0 unspecified atom stereocenters. The highest BCUT2D eigenvalue weighted by atomic mass is 32.2. The fourth-order valence-electron chi connectivity index (χ4n) is 3.20. The topological polar surface area (TPSA) is 95.6 Å². The number of benzene rings is 2. The maximum atomic E-state index is 12.7. The Morgan fingerprint density at radius 2 is 1.56 bits per heavy atom. The van der Waals surface area contributed by atoms with Crippen LogP contribution >= 0.6 is 0 Å². The average molecular weight is 460 g/mol. The average Bonchev–Trinajstić information content (AvgIpc) is 2.76. The number of sulfonamides is 1. The molecule has 0 saturated carbocycles. The smallest absolute Gasteiger partial charge is 0.269 e. The quantitative estimate of drug-likeness (QED) is 0.592. The van der Waals surface area contributed by atoms with E-state index >= 15 is 0 Å². The van der Waals surface area contributed by atoms with Crippen molar-refractivity contribution in [2.75, 3.05) is 13.1 Å². The van der Waals surface area contributed by atoms with Crippen LogP contribution in [0.5, 0.6) is 0 Å². The molecule has 7 nitrogen and oxygen atoms in total. The molecule has 32 heavy (non-hydrogen) atoms. The van der Waals surface area contributed by atoms with Crippen LogP contribution in [0.4, 0.5) is 0 Å². The summed E-state index contributed by atoms with van der Waals surface area (Å²) in [5.74, 6) is -0.908. The zero-order valence-corrected chi connectivity index (χ0v) is 20.3. The highest BCUT2D eigenvalue weighted by Gasteiger charge is 2.22. The molecule has 0 spiro atoms. The highest BCUT2D eigenvalue weighted by molar-refractivity contribution is 7.89. The molecule has 2 N–H and O–H groups in total. The maximum absolute atomic E-state index is 12.7. The van der Waals surface area contributed by atoms with Gasteiger partial charge in [-0.3, -0.25) is 20.4 Å². The third-order valence-corrected chi connectivity index (χ3v) is 7.26. The molecule has 0 aliphatic carbocycles. The SMILES string of the molecule is CCN(CC)S(=O)(=O)c1cccc(C(=O)NNC(=O)CCc2ccc(C(C)(C)C)cc2)c1. The van der Waals surface area contributed by atoms with Crippen LogP contribution < -0.4 is 10.9 Å². The number of carbonyl (C=O) groups is 2. The Hall–Kier alpha value is -2.71. The summed E-state index contributed by atoms with van der Waals surface area (Å²) in [5.41, 5.74) is 7.23. The van der Waals surface area contributed by atoms with E-state index in [9.17, 15) is 18.0 Å². The molecule has 0 aliphatic heterocycles. The number of nitrogens with zero attached hydrogens (tertiary/aromatic N) is 1. The standard InChI is InChI=1S/C24H33N3O4S/c1-6-27(7-2)32(30,31)21-10-8-9-19(17-21)23(29)26-25-22(28)16-13-18-11-14-20(15-12-18)24(3,4)5/h8-12,14-15,17H,6-7,13,16H2,1-5H3,(H,25,28)(H,26,29). The number of carbonyl (C=O) groups excluding carboxylic acids is 2. The highest BCUT2D eigenvalue weighted by Crippen LogP contribution is 2.22. The van der Waals surface area contributed by atoms with Gasteiger partial charge in [0.2, 0.25) is 15.9 Å². The molecular weight excluding hydrogens is 426 g/mol. The molecule has 0 saturated heterocycles. The van der Waals surface area contributed by atoms with Gasteiger partial charge in [0.05, 0.1) is 4.90 Å². The first-order chi connectivity index (χ1) is 15.0. The van der Waals surface area contributed by atoms with Crippen LogP contribution in [-0.2, 0) is 26.7 Å². The van der Waals surface area contributed by atoms with Gasteiger partial charge in [-0.1, -0.05) is 65.0 Å². The number of aryl methyl sites for hydroxylation is 1. The van der Waals surface area contributed by atoms with E-state index in [0.717, 1.165) is 5.56 Å². The van der Waals surface area contributed by atoms with Crippen molar-refractivity contribution >= 4 is 21.8 Å². The Balaban J connectivity index is 1.93. The summed E-state index contributed by atoms with van der Waals surface area (Å²) in [6.45, 7) is 10.6. The van der Waals surface area contributed by atoms with Gasteiger partial charge in [-0.2, -0.15) is 4.31 Å². The minimum Gasteiger partial charge on any atom is -0.273 e. The second-order valence-electron chi connectivity index (χ2n) is 8.57.